The van der Waals surface area contributed by atoms with Gasteiger partial charge in [-0.1, -0.05) is 0 Å². The molecule has 0 aliphatic heterocycles. The molecule has 0 aliphatic rings. The van der Waals surface area contributed by atoms with Crippen molar-refractivity contribution < 1.29 is 9.52 Å². The van der Waals surface area contributed by atoms with Crippen LogP contribution in [0.15, 0.2) is 17.1 Å². The lowest BCUT2D eigenvalue weighted by Crippen LogP contribution is -1.88. The van der Waals surface area contributed by atoms with Crippen molar-refractivity contribution in [2.24, 2.45) is 0 Å². The van der Waals surface area contributed by atoms with Crippen molar-refractivity contribution in [3.8, 4) is 0 Å². The first-order chi connectivity index (χ1) is 3.93. The molecule has 0 radical (unpaired) electrons. The summed E-state index contributed by atoms with van der Waals surface area (Å²) in [5, 5.41) is 8.36. The Balaban J connectivity index is 2.50. The van der Waals surface area contributed by atoms with E-state index in [0.29, 0.717) is 6.42 Å². The fraction of sp³-hybridized carbons (Fsp3) is 0.400. The molecule has 0 saturated carbocycles. The van der Waals surface area contributed by atoms with Crippen molar-refractivity contribution in [1.29, 1.82) is 0 Å². The van der Waals surface area contributed by atoms with Crippen LogP contribution in [0, 0.1) is 0 Å². The van der Waals surface area contributed by atoms with E-state index in [4.69, 9.17) is 5.11 Å². The van der Waals surface area contributed by atoms with Crippen LogP contribution in [-0.2, 0) is 6.42 Å². The molecule has 1 N–H and O–H groups in total. The largest absolute Gasteiger partial charge is 0.451 e. The van der Waals surface area contributed by atoms with Crippen LogP contribution in [0.4, 0.5) is 0 Å². The summed E-state index contributed by atoms with van der Waals surface area (Å²) in [6.45, 7) is 0.131. The van der Waals surface area contributed by atoms with Gasteiger partial charge in [-0.3, -0.25) is 0 Å². The third-order valence-corrected chi connectivity index (χ3v) is 0.851. The van der Waals surface area contributed by atoms with Crippen LogP contribution >= 0.6 is 0 Å². The Morgan fingerprint density at radius 2 is 2.62 bits per heavy atom. The summed E-state index contributed by atoms with van der Waals surface area (Å²) >= 11 is 0. The second-order valence-corrected chi connectivity index (χ2v) is 1.45. The van der Waals surface area contributed by atoms with Gasteiger partial charge in [0.25, 0.3) is 0 Å². The number of hydrogen-bond donors (Lipinski definition) is 1. The van der Waals surface area contributed by atoms with E-state index in [9.17, 15) is 0 Å². The average Bonchev–Trinajstić information content (AvgIpc) is 2.19. The molecule has 0 aromatic carbocycles. The van der Waals surface area contributed by atoms with E-state index in [1.54, 1.807) is 0 Å². The lowest BCUT2D eigenvalue weighted by Gasteiger charge is -1.82. The zero-order chi connectivity index (χ0) is 5.82. The molecule has 0 unspecified atom stereocenters. The van der Waals surface area contributed by atoms with Crippen LogP contribution < -0.4 is 0 Å². The second-order valence-electron chi connectivity index (χ2n) is 1.45. The SMILES string of the molecule is OCCc1cocn1. The predicted octanol–water partition coefficient (Wildman–Crippen LogP) is 0.209. The van der Waals surface area contributed by atoms with Gasteiger partial charge in [0.15, 0.2) is 6.39 Å². The highest BCUT2D eigenvalue weighted by molar-refractivity contribution is 4.89. The first kappa shape index (κ1) is 5.31. The van der Waals surface area contributed by atoms with Gasteiger partial charge in [0.1, 0.15) is 6.26 Å². The zero-order valence-electron chi connectivity index (χ0n) is 4.37. The fourth-order valence-corrected chi connectivity index (χ4v) is 0.476. The van der Waals surface area contributed by atoms with Crippen molar-refractivity contribution in [2.45, 2.75) is 6.42 Å². The summed E-state index contributed by atoms with van der Waals surface area (Å²) in [7, 11) is 0. The van der Waals surface area contributed by atoms with E-state index < -0.39 is 0 Å². The number of aromatic nitrogens is 1. The molecule has 8 heavy (non-hydrogen) atoms. The molecule has 44 valence electrons. The molecule has 1 aromatic heterocycles. The average molecular weight is 113 g/mol. The molecule has 1 heterocycles. The van der Waals surface area contributed by atoms with Gasteiger partial charge in [0.05, 0.1) is 5.69 Å². The minimum Gasteiger partial charge on any atom is -0.451 e. The normalized spacial score (nSPS) is 9.62. The first-order valence-corrected chi connectivity index (χ1v) is 2.41. The van der Waals surface area contributed by atoms with Gasteiger partial charge in [-0.2, -0.15) is 0 Å². The Hall–Kier alpha value is -0.830. The standard InChI is InChI=1S/C5H7NO2/c7-2-1-5-3-8-4-6-5/h3-4,7H,1-2H2. The van der Waals surface area contributed by atoms with Crippen molar-refractivity contribution >= 4 is 0 Å². The summed E-state index contributed by atoms with van der Waals surface area (Å²) in [4.78, 5) is 3.78. The summed E-state index contributed by atoms with van der Waals surface area (Å²) in [5.41, 5.74) is 0.799. The maximum atomic E-state index is 8.36. The van der Waals surface area contributed by atoms with Gasteiger partial charge in [-0.15, -0.1) is 0 Å². The van der Waals surface area contributed by atoms with Gasteiger partial charge in [0, 0.05) is 13.0 Å². The van der Waals surface area contributed by atoms with E-state index in [0.717, 1.165) is 5.69 Å². The maximum absolute atomic E-state index is 8.36. The van der Waals surface area contributed by atoms with Gasteiger partial charge in [0.2, 0.25) is 0 Å². The van der Waals surface area contributed by atoms with Crippen LogP contribution in [0.3, 0.4) is 0 Å². The van der Waals surface area contributed by atoms with Crippen molar-refractivity contribution in [3.63, 3.8) is 0 Å². The van der Waals surface area contributed by atoms with Crippen LogP contribution in [0.25, 0.3) is 0 Å². The van der Waals surface area contributed by atoms with E-state index in [2.05, 4.69) is 9.40 Å². The topological polar surface area (TPSA) is 46.3 Å². The van der Waals surface area contributed by atoms with Crippen molar-refractivity contribution in [1.82, 2.24) is 4.98 Å². The predicted molar refractivity (Wildman–Crippen MR) is 27.3 cm³/mol. The number of hydrogen-bond acceptors (Lipinski definition) is 3. The number of nitrogens with zero attached hydrogens (tertiary/aromatic N) is 1. The van der Waals surface area contributed by atoms with Gasteiger partial charge in [-0.25, -0.2) is 4.98 Å². The fourth-order valence-electron chi connectivity index (χ4n) is 0.476. The Morgan fingerprint density at radius 1 is 1.75 bits per heavy atom. The molecule has 0 atom stereocenters. The summed E-state index contributed by atoms with van der Waals surface area (Å²) in [6.07, 6.45) is 3.46. The molecular weight excluding hydrogens is 106 g/mol. The molecule has 3 heteroatoms. The zero-order valence-corrected chi connectivity index (χ0v) is 4.37. The minimum absolute atomic E-state index is 0.131. The number of oxazole rings is 1. The Labute approximate surface area is 47.0 Å². The molecular formula is C5H7NO2. The second kappa shape index (κ2) is 2.47. The monoisotopic (exact) mass is 113 g/mol. The highest BCUT2D eigenvalue weighted by Crippen LogP contribution is 1.92. The molecule has 0 fully saturated rings. The smallest absolute Gasteiger partial charge is 0.180 e. The van der Waals surface area contributed by atoms with Gasteiger partial charge in [-0.05, 0) is 0 Å². The van der Waals surface area contributed by atoms with E-state index in [1.807, 2.05) is 0 Å². The molecule has 0 saturated heterocycles. The minimum atomic E-state index is 0.131. The van der Waals surface area contributed by atoms with Crippen molar-refractivity contribution in [2.75, 3.05) is 6.61 Å². The van der Waals surface area contributed by atoms with Crippen LogP contribution in [0.1, 0.15) is 5.69 Å². The lowest BCUT2D eigenvalue weighted by molar-refractivity contribution is 0.298. The number of aliphatic hydroxyl groups is 1. The third kappa shape index (κ3) is 1.07. The Kier molecular flexibility index (Phi) is 1.64. The molecule has 3 nitrogen and oxygen atoms in total. The molecule has 1 rings (SSSR count). The van der Waals surface area contributed by atoms with E-state index in [-0.39, 0.29) is 6.61 Å². The third-order valence-electron chi connectivity index (χ3n) is 0.851. The molecule has 0 spiro atoms. The van der Waals surface area contributed by atoms with Crippen molar-refractivity contribution in [3.05, 3.63) is 18.4 Å². The Morgan fingerprint density at radius 3 is 3.12 bits per heavy atom. The summed E-state index contributed by atoms with van der Waals surface area (Å²) in [5.74, 6) is 0. The first-order valence-electron chi connectivity index (χ1n) is 2.41. The molecule has 1 aromatic rings. The molecule has 0 amide bonds. The van der Waals surface area contributed by atoms with Crippen LogP contribution in [0.5, 0.6) is 0 Å². The van der Waals surface area contributed by atoms with Crippen LogP contribution in [0.2, 0.25) is 0 Å². The van der Waals surface area contributed by atoms with E-state index in [1.165, 1.54) is 12.7 Å². The van der Waals surface area contributed by atoms with E-state index >= 15 is 0 Å². The van der Waals surface area contributed by atoms with Gasteiger partial charge < -0.3 is 9.52 Å². The lowest BCUT2D eigenvalue weighted by atomic mass is 10.4. The molecule has 0 aliphatic carbocycles. The highest BCUT2D eigenvalue weighted by Gasteiger charge is 1.90. The molecule has 0 bridgehead atoms. The number of rotatable bonds is 2. The number of aliphatic hydroxyl groups excluding tert-OH is 1. The maximum Gasteiger partial charge on any atom is 0.180 e. The van der Waals surface area contributed by atoms with Gasteiger partial charge >= 0.3 is 0 Å². The summed E-state index contributed by atoms with van der Waals surface area (Å²) in [6, 6.07) is 0. The quantitative estimate of drug-likeness (QED) is 0.596. The summed E-state index contributed by atoms with van der Waals surface area (Å²) < 4.78 is 4.64. The van der Waals surface area contributed by atoms with Crippen LogP contribution in [-0.4, -0.2) is 16.7 Å². The Bertz CT molecular complexity index is 136. The highest BCUT2D eigenvalue weighted by atomic mass is 16.3.